The van der Waals surface area contributed by atoms with Gasteiger partial charge in [-0.15, -0.1) is 0 Å². The smallest absolute Gasteiger partial charge is 0.407 e. The van der Waals surface area contributed by atoms with Gasteiger partial charge in [-0.3, -0.25) is 4.79 Å². The minimum Gasteiger partial charge on any atom is -0.479 e. The number of nitrogens with zero attached hydrogens (tertiary/aromatic N) is 1. The highest BCUT2D eigenvalue weighted by Gasteiger charge is 2.48. The molecule has 8 nitrogen and oxygen atoms in total. The van der Waals surface area contributed by atoms with Crippen LogP contribution in [0.1, 0.15) is 43.2 Å². The lowest BCUT2D eigenvalue weighted by Crippen LogP contribution is -2.56. The number of alkyl carbamates (subject to hydrolysis) is 1. The van der Waals surface area contributed by atoms with Gasteiger partial charge < -0.3 is 24.8 Å². The summed E-state index contributed by atoms with van der Waals surface area (Å²) in [4.78, 5) is 38.1. The number of benzene rings is 2. The molecule has 0 saturated carbocycles. The Balaban J connectivity index is 1.28. The van der Waals surface area contributed by atoms with Crippen LogP contribution >= 0.6 is 0 Å². The zero-order valence-electron chi connectivity index (χ0n) is 19.5. The maximum atomic E-state index is 12.6. The third kappa shape index (κ3) is 4.50. The predicted octanol–water partition coefficient (Wildman–Crippen LogP) is 3.40. The van der Waals surface area contributed by atoms with Crippen molar-refractivity contribution in [3.8, 4) is 11.1 Å². The largest absolute Gasteiger partial charge is 0.479 e. The van der Waals surface area contributed by atoms with Gasteiger partial charge in [0.25, 0.3) is 0 Å². The Bertz CT molecular complexity index is 1030. The quantitative estimate of drug-likeness (QED) is 0.618. The highest BCUT2D eigenvalue weighted by molar-refractivity contribution is 5.87. The van der Waals surface area contributed by atoms with Crippen molar-refractivity contribution >= 4 is 18.0 Å². The average molecular weight is 467 g/mol. The molecule has 2 aromatic rings. The van der Waals surface area contributed by atoms with Gasteiger partial charge in [0, 0.05) is 38.5 Å². The van der Waals surface area contributed by atoms with Gasteiger partial charge in [-0.2, -0.15) is 0 Å². The first-order valence-electron chi connectivity index (χ1n) is 11.5. The molecule has 0 spiro atoms. The van der Waals surface area contributed by atoms with Crippen LogP contribution in [0.4, 0.5) is 4.79 Å². The molecule has 0 bridgehead atoms. The molecule has 0 aromatic heterocycles. The first kappa shape index (κ1) is 23.8. The molecule has 2 aromatic carbocycles. The molecule has 1 aliphatic heterocycles. The van der Waals surface area contributed by atoms with Gasteiger partial charge in [-0.1, -0.05) is 48.5 Å². The van der Waals surface area contributed by atoms with E-state index in [2.05, 4.69) is 29.6 Å². The van der Waals surface area contributed by atoms with Crippen molar-refractivity contribution < 1.29 is 29.0 Å². The minimum atomic E-state index is -1.32. The molecule has 34 heavy (non-hydrogen) atoms. The van der Waals surface area contributed by atoms with E-state index in [1.54, 1.807) is 6.92 Å². The summed E-state index contributed by atoms with van der Waals surface area (Å²) < 4.78 is 10.8. The SMILES string of the molecule is CC(CCC(=O)N(C)C1(C(=O)O)CCOC1)NC(=O)OCC1c2ccccc2-c2ccccc21. The molecule has 2 N–H and O–H groups in total. The van der Waals surface area contributed by atoms with Crippen LogP contribution in [0.5, 0.6) is 0 Å². The summed E-state index contributed by atoms with van der Waals surface area (Å²) >= 11 is 0. The summed E-state index contributed by atoms with van der Waals surface area (Å²) in [5.41, 5.74) is 3.29. The number of aliphatic carboxylic acids is 1. The Kier molecular flexibility index (Phi) is 6.88. The first-order chi connectivity index (χ1) is 16.3. The molecule has 0 radical (unpaired) electrons. The van der Waals surface area contributed by atoms with E-state index in [0.29, 0.717) is 13.0 Å². The zero-order chi connectivity index (χ0) is 24.3. The van der Waals surface area contributed by atoms with Crippen LogP contribution in [0, 0.1) is 0 Å². The maximum Gasteiger partial charge on any atom is 0.407 e. The molecule has 1 fully saturated rings. The first-order valence-corrected chi connectivity index (χ1v) is 11.5. The lowest BCUT2D eigenvalue weighted by Gasteiger charge is -2.33. The van der Waals surface area contributed by atoms with Crippen LogP contribution in [-0.4, -0.2) is 66.4 Å². The highest BCUT2D eigenvalue weighted by atomic mass is 16.5. The Morgan fingerprint density at radius 2 is 1.76 bits per heavy atom. The van der Waals surface area contributed by atoms with Crippen LogP contribution in [-0.2, 0) is 19.1 Å². The number of carbonyl (C=O) groups excluding carboxylic acids is 2. The normalized spacial score (nSPS) is 19.7. The molecule has 2 unspecified atom stereocenters. The fraction of sp³-hybridized carbons (Fsp3) is 0.423. The second-order valence-electron chi connectivity index (χ2n) is 9.00. The summed E-state index contributed by atoms with van der Waals surface area (Å²) in [6.07, 6.45) is 0.194. The second kappa shape index (κ2) is 9.85. The van der Waals surface area contributed by atoms with Gasteiger partial charge in [0.15, 0.2) is 5.54 Å². The van der Waals surface area contributed by atoms with Gasteiger partial charge in [0.05, 0.1) is 6.61 Å². The van der Waals surface area contributed by atoms with Crippen LogP contribution in [0.2, 0.25) is 0 Å². The molecule has 8 heteroatoms. The molecule has 2 amide bonds. The monoisotopic (exact) mass is 466 g/mol. The Morgan fingerprint density at radius 3 is 2.32 bits per heavy atom. The van der Waals surface area contributed by atoms with Gasteiger partial charge >= 0.3 is 12.1 Å². The zero-order valence-corrected chi connectivity index (χ0v) is 19.5. The molecule has 4 rings (SSSR count). The fourth-order valence-corrected chi connectivity index (χ4v) is 4.79. The van der Waals surface area contributed by atoms with Gasteiger partial charge in [0.1, 0.15) is 6.61 Å². The van der Waals surface area contributed by atoms with Gasteiger partial charge in [0.2, 0.25) is 5.91 Å². The second-order valence-corrected chi connectivity index (χ2v) is 9.00. The number of likely N-dealkylation sites (N-methyl/N-ethyl adjacent to an activating group) is 1. The van der Waals surface area contributed by atoms with E-state index in [0.717, 1.165) is 22.3 Å². The number of hydrogen-bond donors (Lipinski definition) is 2. The predicted molar refractivity (Wildman–Crippen MR) is 125 cm³/mol. The molecule has 1 aliphatic carbocycles. The number of hydrogen-bond acceptors (Lipinski definition) is 5. The summed E-state index contributed by atoms with van der Waals surface area (Å²) in [5.74, 6) is -1.38. The van der Waals surface area contributed by atoms with Crippen molar-refractivity contribution in [1.29, 1.82) is 0 Å². The molecule has 2 aliphatic rings. The van der Waals surface area contributed by atoms with Crippen molar-refractivity contribution in [2.75, 3.05) is 26.9 Å². The van der Waals surface area contributed by atoms with Gasteiger partial charge in [-0.05, 0) is 35.6 Å². The third-order valence-electron chi connectivity index (χ3n) is 6.91. The molecule has 180 valence electrons. The third-order valence-corrected chi connectivity index (χ3v) is 6.91. The number of fused-ring (bicyclic) bond motifs is 3. The Labute approximate surface area is 198 Å². The molecular weight excluding hydrogens is 436 g/mol. The summed E-state index contributed by atoms with van der Waals surface area (Å²) in [5, 5.41) is 12.4. The molecule has 1 saturated heterocycles. The van der Waals surface area contributed by atoms with Crippen LogP contribution in [0.15, 0.2) is 48.5 Å². The van der Waals surface area contributed by atoms with Crippen molar-refractivity contribution in [3.05, 3.63) is 59.7 Å². The fourth-order valence-electron chi connectivity index (χ4n) is 4.79. The van der Waals surface area contributed by atoms with Crippen molar-refractivity contribution in [2.45, 2.75) is 43.7 Å². The number of ether oxygens (including phenoxy) is 2. The molecular formula is C26H30N2O6. The van der Waals surface area contributed by atoms with E-state index in [9.17, 15) is 19.5 Å². The standard InChI is InChI=1S/C26H30N2O6/c1-17(11-12-23(29)28(2)26(24(30)31)13-14-33-16-26)27-25(32)34-15-22-20-9-5-3-7-18(20)19-8-4-6-10-21(19)22/h3-10,17,22H,11-16H2,1-2H3,(H,27,32)(H,30,31). The number of nitrogens with one attached hydrogen (secondary N) is 1. The van der Waals surface area contributed by atoms with E-state index in [1.807, 2.05) is 24.3 Å². The lowest BCUT2D eigenvalue weighted by atomic mass is 9.96. The average Bonchev–Trinajstić information content (AvgIpc) is 3.45. The number of carboxylic acids is 1. The Morgan fingerprint density at radius 1 is 1.15 bits per heavy atom. The van der Waals surface area contributed by atoms with E-state index < -0.39 is 17.6 Å². The molecule has 2 atom stereocenters. The Hall–Kier alpha value is -3.39. The van der Waals surface area contributed by atoms with E-state index >= 15 is 0 Å². The van der Waals surface area contributed by atoms with Crippen LogP contribution in [0.3, 0.4) is 0 Å². The molecule has 1 heterocycles. The van der Waals surface area contributed by atoms with E-state index in [4.69, 9.17) is 9.47 Å². The van der Waals surface area contributed by atoms with Gasteiger partial charge in [-0.25, -0.2) is 9.59 Å². The maximum absolute atomic E-state index is 12.6. The highest BCUT2D eigenvalue weighted by Crippen LogP contribution is 2.44. The van der Waals surface area contributed by atoms with Crippen molar-refractivity contribution in [3.63, 3.8) is 0 Å². The minimum absolute atomic E-state index is 0.0157. The van der Waals surface area contributed by atoms with E-state index in [-0.39, 0.29) is 43.9 Å². The number of rotatable bonds is 8. The summed E-state index contributed by atoms with van der Waals surface area (Å²) in [6, 6.07) is 16.0. The van der Waals surface area contributed by atoms with Crippen LogP contribution in [0.25, 0.3) is 11.1 Å². The lowest BCUT2D eigenvalue weighted by molar-refractivity contribution is -0.157. The number of carboxylic acid groups (broad SMARTS) is 1. The van der Waals surface area contributed by atoms with Crippen LogP contribution < -0.4 is 5.32 Å². The summed E-state index contributed by atoms with van der Waals surface area (Å²) in [6.45, 7) is 2.30. The summed E-state index contributed by atoms with van der Waals surface area (Å²) in [7, 11) is 1.49. The number of amides is 2. The van der Waals surface area contributed by atoms with E-state index in [1.165, 1.54) is 11.9 Å². The topological polar surface area (TPSA) is 105 Å². The van der Waals surface area contributed by atoms with Crippen molar-refractivity contribution in [1.82, 2.24) is 10.2 Å². The number of carbonyl (C=O) groups is 3. The van der Waals surface area contributed by atoms with Crippen molar-refractivity contribution in [2.24, 2.45) is 0 Å².